The van der Waals surface area contributed by atoms with Gasteiger partial charge in [-0.25, -0.2) is 0 Å². The van der Waals surface area contributed by atoms with Gasteiger partial charge in [-0.2, -0.15) is 0 Å². The Bertz CT molecular complexity index is 990. The average Bonchev–Trinajstić information content (AvgIpc) is 2.91. The number of hydrogen-bond acceptors (Lipinski definition) is 1. The largest absolute Gasteiger partial charge is 0.354 e. The quantitative estimate of drug-likeness (QED) is 0.428. The molecule has 1 heteroatoms. The summed E-state index contributed by atoms with van der Waals surface area (Å²) in [5, 5.41) is 2.49. The average molecular weight is 326 g/mol. The van der Waals surface area contributed by atoms with Gasteiger partial charge in [-0.1, -0.05) is 67.8 Å². The van der Waals surface area contributed by atoms with E-state index >= 15 is 0 Å². The highest BCUT2D eigenvalue weighted by Crippen LogP contribution is 2.50. The van der Waals surface area contributed by atoms with Crippen molar-refractivity contribution >= 4 is 10.8 Å². The molecule has 3 aromatic rings. The van der Waals surface area contributed by atoms with Crippen LogP contribution in [0.2, 0.25) is 0 Å². The molecule has 0 spiro atoms. The second kappa shape index (κ2) is 6.39. The van der Waals surface area contributed by atoms with E-state index in [4.69, 9.17) is 4.74 Å². The Hall–Kier alpha value is -2.56. The minimum atomic E-state index is -0.653. The zero-order chi connectivity index (χ0) is 17.3. The molecule has 0 N–H and O–H groups in total. The second-order valence-electron chi connectivity index (χ2n) is 6.55. The first-order valence-electron chi connectivity index (χ1n) is 9.01. The van der Waals surface area contributed by atoms with Crippen LogP contribution in [0.4, 0.5) is 0 Å². The summed E-state index contributed by atoms with van der Waals surface area (Å²) in [6, 6.07) is 21.6. The Balaban J connectivity index is 2.01. The number of fused-ring (bicyclic) bond motifs is 4. The molecule has 0 amide bonds. The predicted molar refractivity (Wildman–Crippen MR) is 104 cm³/mol. The third-order valence-electron chi connectivity index (χ3n) is 4.98. The van der Waals surface area contributed by atoms with Gasteiger partial charge in [0.25, 0.3) is 0 Å². The third-order valence-corrected chi connectivity index (χ3v) is 4.98. The maximum absolute atomic E-state index is 6.50. The summed E-state index contributed by atoms with van der Waals surface area (Å²) in [5.74, 6) is 6.55. The van der Waals surface area contributed by atoms with Gasteiger partial charge in [0.2, 0.25) is 0 Å². The van der Waals surface area contributed by atoms with E-state index in [9.17, 15) is 0 Å². The van der Waals surface area contributed by atoms with Crippen molar-refractivity contribution < 1.29 is 4.74 Å². The first-order chi connectivity index (χ1) is 12.3. The molecule has 25 heavy (non-hydrogen) atoms. The zero-order valence-electron chi connectivity index (χ0n) is 14.8. The van der Waals surface area contributed by atoms with Gasteiger partial charge in [0, 0.05) is 17.7 Å². The molecule has 0 saturated carbocycles. The molecule has 0 heterocycles. The molecule has 3 aromatic carbocycles. The van der Waals surface area contributed by atoms with Crippen LogP contribution < -0.4 is 0 Å². The molecule has 1 nitrogen and oxygen atoms in total. The first-order valence-corrected chi connectivity index (χ1v) is 9.01. The molecule has 0 aliphatic heterocycles. The van der Waals surface area contributed by atoms with Gasteiger partial charge in [0.1, 0.15) is 0 Å². The third kappa shape index (κ3) is 2.46. The fourth-order valence-corrected chi connectivity index (χ4v) is 3.80. The Labute approximate surface area is 149 Å². The Morgan fingerprint density at radius 2 is 1.60 bits per heavy atom. The molecule has 1 atom stereocenters. The van der Waals surface area contributed by atoms with E-state index in [1.807, 2.05) is 6.92 Å². The van der Waals surface area contributed by atoms with Crippen molar-refractivity contribution in [2.75, 3.05) is 6.61 Å². The fraction of sp³-hybridized carbons (Fsp3) is 0.250. The molecule has 1 aliphatic rings. The number of rotatable bonds is 4. The number of ether oxygens (including phenoxy) is 1. The van der Waals surface area contributed by atoms with E-state index in [1.165, 1.54) is 33.0 Å². The summed E-state index contributed by atoms with van der Waals surface area (Å²) in [5.41, 5.74) is 4.18. The van der Waals surface area contributed by atoms with Crippen LogP contribution in [0.15, 0.2) is 60.7 Å². The van der Waals surface area contributed by atoms with Crippen molar-refractivity contribution in [3.63, 3.8) is 0 Å². The molecule has 1 aliphatic carbocycles. The van der Waals surface area contributed by atoms with E-state index in [-0.39, 0.29) is 0 Å². The lowest BCUT2D eigenvalue weighted by atomic mass is 9.90. The van der Waals surface area contributed by atoms with Gasteiger partial charge in [-0.15, -0.1) is 5.92 Å². The van der Waals surface area contributed by atoms with Crippen LogP contribution in [0.1, 0.15) is 37.8 Å². The van der Waals surface area contributed by atoms with E-state index in [0.717, 1.165) is 12.8 Å². The molecule has 124 valence electrons. The lowest BCUT2D eigenvalue weighted by molar-refractivity contribution is 0.0279. The number of hydrogen-bond donors (Lipinski definition) is 0. The number of benzene rings is 3. The predicted octanol–water partition coefficient (Wildman–Crippen LogP) is 5.90. The van der Waals surface area contributed by atoms with E-state index in [0.29, 0.717) is 6.61 Å². The lowest BCUT2D eigenvalue weighted by Crippen LogP contribution is -2.27. The van der Waals surface area contributed by atoms with Gasteiger partial charge < -0.3 is 4.74 Å². The molecular formula is C24H22O. The maximum atomic E-state index is 6.50. The van der Waals surface area contributed by atoms with Crippen molar-refractivity contribution in [1.29, 1.82) is 0 Å². The monoisotopic (exact) mass is 326 g/mol. The van der Waals surface area contributed by atoms with Crippen molar-refractivity contribution in [2.24, 2.45) is 0 Å². The Morgan fingerprint density at radius 3 is 2.36 bits per heavy atom. The maximum Gasteiger partial charge on any atom is 0.180 e. The molecule has 4 rings (SSSR count). The van der Waals surface area contributed by atoms with Gasteiger partial charge in [-0.3, -0.25) is 0 Å². The SMILES string of the molecule is CC#CC1(OCCCC)c2ccccc2-c2cc3ccccc3cc21. The molecule has 0 saturated heterocycles. The van der Waals surface area contributed by atoms with Gasteiger partial charge in [-0.05, 0) is 47.4 Å². The summed E-state index contributed by atoms with van der Waals surface area (Å²) >= 11 is 0. The van der Waals surface area contributed by atoms with Crippen LogP contribution in [0.25, 0.3) is 21.9 Å². The molecular weight excluding hydrogens is 304 g/mol. The highest BCUT2D eigenvalue weighted by molar-refractivity contribution is 5.94. The molecule has 1 unspecified atom stereocenters. The van der Waals surface area contributed by atoms with Crippen LogP contribution in [-0.4, -0.2) is 6.61 Å². The van der Waals surface area contributed by atoms with Crippen LogP contribution in [0, 0.1) is 11.8 Å². The molecule has 0 fully saturated rings. The molecule has 0 bridgehead atoms. The minimum Gasteiger partial charge on any atom is -0.354 e. The van der Waals surface area contributed by atoms with Crippen LogP contribution in [-0.2, 0) is 10.3 Å². The zero-order valence-corrected chi connectivity index (χ0v) is 14.8. The smallest absolute Gasteiger partial charge is 0.180 e. The van der Waals surface area contributed by atoms with Gasteiger partial charge >= 0.3 is 0 Å². The molecule has 0 aromatic heterocycles. The summed E-state index contributed by atoms with van der Waals surface area (Å²) in [4.78, 5) is 0. The molecule has 0 radical (unpaired) electrons. The first kappa shape index (κ1) is 15.9. The van der Waals surface area contributed by atoms with E-state index < -0.39 is 5.60 Å². The lowest BCUT2D eigenvalue weighted by Gasteiger charge is -2.27. The highest BCUT2D eigenvalue weighted by Gasteiger charge is 2.43. The van der Waals surface area contributed by atoms with Gasteiger partial charge in [0.15, 0.2) is 5.60 Å². The van der Waals surface area contributed by atoms with Gasteiger partial charge in [0.05, 0.1) is 0 Å². The topological polar surface area (TPSA) is 9.23 Å². The van der Waals surface area contributed by atoms with Crippen LogP contribution >= 0.6 is 0 Å². The summed E-state index contributed by atoms with van der Waals surface area (Å²) < 4.78 is 6.50. The fourth-order valence-electron chi connectivity index (χ4n) is 3.80. The van der Waals surface area contributed by atoms with E-state index in [1.54, 1.807) is 0 Å². The summed E-state index contributed by atoms with van der Waals surface area (Å²) in [7, 11) is 0. The van der Waals surface area contributed by atoms with Crippen molar-refractivity contribution in [2.45, 2.75) is 32.3 Å². The summed E-state index contributed by atoms with van der Waals surface area (Å²) in [6.45, 7) is 4.80. The van der Waals surface area contributed by atoms with Crippen LogP contribution in [0.5, 0.6) is 0 Å². The normalized spacial score (nSPS) is 17.7. The Kier molecular flexibility index (Phi) is 4.07. The minimum absolute atomic E-state index is 0.653. The Morgan fingerprint density at radius 1 is 0.880 bits per heavy atom. The summed E-state index contributed by atoms with van der Waals surface area (Å²) in [6.07, 6.45) is 2.15. The van der Waals surface area contributed by atoms with Crippen molar-refractivity contribution in [3.05, 3.63) is 71.8 Å². The second-order valence-corrected chi connectivity index (χ2v) is 6.55. The highest BCUT2D eigenvalue weighted by atomic mass is 16.5. The standard InChI is InChI=1S/C24H22O/c1-3-5-15-25-24(14-4-2)22-13-9-8-12-20(22)21-16-18-10-6-7-11-19(18)17-23(21)24/h6-13,16-17H,3,5,15H2,1-2H3. The van der Waals surface area contributed by atoms with Crippen molar-refractivity contribution in [3.8, 4) is 23.0 Å². The van der Waals surface area contributed by atoms with Crippen LogP contribution in [0.3, 0.4) is 0 Å². The van der Waals surface area contributed by atoms with E-state index in [2.05, 4.69) is 79.4 Å². The van der Waals surface area contributed by atoms with Crippen molar-refractivity contribution in [1.82, 2.24) is 0 Å². The number of unbranched alkanes of at least 4 members (excludes halogenated alkanes) is 1.